The normalized spacial score (nSPS) is 22.0. The Hall–Kier alpha value is -0.610. The Kier molecular flexibility index (Phi) is 6.97. The molecule has 2 N–H and O–H groups in total. The van der Waals surface area contributed by atoms with Crippen molar-refractivity contribution in [1.82, 2.24) is 9.80 Å². The quantitative estimate of drug-likeness (QED) is 0.818. The molecule has 1 amide bonds. The first-order valence-corrected chi connectivity index (χ1v) is 8.98. The molecule has 0 unspecified atom stereocenters. The molecule has 1 aliphatic heterocycles. The summed E-state index contributed by atoms with van der Waals surface area (Å²) in [6.07, 6.45) is 10.5. The van der Waals surface area contributed by atoms with Gasteiger partial charge in [0.25, 0.3) is 0 Å². The minimum atomic E-state index is 0.302. The molecule has 4 nitrogen and oxygen atoms in total. The number of hydrogen-bond donors (Lipinski definition) is 1. The maximum absolute atomic E-state index is 12.2. The fourth-order valence-electron chi connectivity index (χ4n) is 3.79. The number of piperidine rings is 1. The summed E-state index contributed by atoms with van der Waals surface area (Å²) in [6, 6.07) is 1.07. The van der Waals surface area contributed by atoms with Crippen molar-refractivity contribution in [3.63, 3.8) is 0 Å². The molecule has 0 aromatic rings. The SMILES string of the molecule is CCN(CCCC(=O)N1CCC(N)CC1)C1CCCCC1. The third-order valence-corrected chi connectivity index (χ3v) is 5.23. The van der Waals surface area contributed by atoms with Gasteiger partial charge in [-0.25, -0.2) is 0 Å². The highest BCUT2D eigenvalue weighted by Gasteiger charge is 2.22. The van der Waals surface area contributed by atoms with Crippen molar-refractivity contribution in [2.45, 2.75) is 76.8 Å². The lowest BCUT2D eigenvalue weighted by Gasteiger charge is -2.34. The molecular weight excluding hydrogens is 262 g/mol. The number of nitrogens with two attached hydrogens (primary N) is 1. The number of hydrogen-bond acceptors (Lipinski definition) is 3. The van der Waals surface area contributed by atoms with E-state index in [0.29, 0.717) is 18.4 Å². The van der Waals surface area contributed by atoms with E-state index in [9.17, 15) is 4.79 Å². The molecular formula is C17H33N3O. The molecule has 0 bridgehead atoms. The van der Waals surface area contributed by atoms with Gasteiger partial charge in [0.1, 0.15) is 0 Å². The number of carbonyl (C=O) groups excluding carboxylic acids is 1. The van der Waals surface area contributed by atoms with Crippen LogP contribution in [0.3, 0.4) is 0 Å². The highest BCUT2D eigenvalue weighted by molar-refractivity contribution is 5.76. The van der Waals surface area contributed by atoms with E-state index in [2.05, 4.69) is 11.8 Å². The van der Waals surface area contributed by atoms with Crippen LogP contribution in [0.25, 0.3) is 0 Å². The van der Waals surface area contributed by atoms with Crippen LogP contribution in [0.4, 0.5) is 0 Å². The lowest BCUT2D eigenvalue weighted by Crippen LogP contribution is -2.43. The fourth-order valence-corrected chi connectivity index (χ4v) is 3.79. The van der Waals surface area contributed by atoms with Crippen LogP contribution in [0, 0.1) is 0 Å². The molecule has 0 spiro atoms. The van der Waals surface area contributed by atoms with Crippen molar-refractivity contribution < 1.29 is 4.79 Å². The van der Waals surface area contributed by atoms with E-state index in [1.165, 1.54) is 32.1 Å². The molecule has 1 heterocycles. The summed E-state index contributed by atoms with van der Waals surface area (Å²) >= 11 is 0. The van der Waals surface area contributed by atoms with Gasteiger partial charge < -0.3 is 15.5 Å². The summed E-state index contributed by atoms with van der Waals surface area (Å²) in [6.45, 7) is 6.18. The molecule has 1 saturated heterocycles. The second-order valence-corrected chi connectivity index (χ2v) is 6.74. The molecule has 2 fully saturated rings. The highest BCUT2D eigenvalue weighted by atomic mass is 16.2. The Morgan fingerprint density at radius 2 is 1.81 bits per heavy atom. The van der Waals surface area contributed by atoms with E-state index in [-0.39, 0.29) is 0 Å². The van der Waals surface area contributed by atoms with Crippen LogP contribution in [0.15, 0.2) is 0 Å². The lowest BCUT2D eigenvalue weighted by molar-refractivity contribution is -0.132. The summed E-state index contributed by atoms with van der Waals surface area (Å²) in [7, 11) is 0. The van der Waals surface area contributed by atoms with E-state index in [1.807, 2.05) is 4.90 Å². The minimum absolute atomic E-state index is 0.302. The van der Waals surface area contributed by atoms with E-state index in [0.717, 1.165) is 51.5 Å². The lowest BCUT2D eigenvalue weighted by atomic mass is 9.94. The molecule has 1 saturated carbocycles. The van der Waals surface area contributed by atoms with Gasteiger partial charge in [-0.2, -0.15) is 0 Å². The average Bonchev–Trinajstić information content (AvgIpc) is 2.53. The van der Waals surface area contributed by atoms with Gasteiger partial charge >= 0.3 is 0 Å². The van der Waals surface area contributed by atoms with Crippen LogP contribution in [0.1, 0.15) is 64.7 Å². The number of rotatable bonds is 6. The number of nitrogens with zero attached hydrogens (tertiary/aromatic N) is 2. The van der Waals surface area contributed by atoms with Gasteiger partial charge in [-0.05, 0) is 45.2 Å². The van der Waals surface area contributed by atoms with E-state index in [1.54, 1.807) is 0 Å². The molecule has 4 heteroatoms. The topological polar surface area (TPSA) is 49.6 Å². The Morgan fingerprint density at radius 3 is 2.43 bits per heavy atom. The van der Waals surface area contributed by atoms with Gasteiger partial charge in [0.2, 0.25) is 5.91 Å². The Labute approximate surface area is 130 Å². The van der Waals surface area contributed by atoms with Crippen LogP contribution in [-0.4, -0.2) is 54.0 Å². The summed E-state index contributed by atoms with van der Waals surface area (Å²) in [5, 5.41) is 0. The Balaban J connectivity index is 1.66. The largest absolute Gasteiger partial charge is 0.343 e. The van der Waals surface area contributed by atoms with Crippen molar-refractivity contribution in [1.29, 1.82) is 0 Å². The minimum Gasteiger partial charge on any atom is -0.343 e. The maximum atomic E-state index is 12.2. The van der Waals surface area contributed by atoms with E-state index in [4.69, 9.17) is 5.73 Å². The van der Waals surface area contributed by atoms with Crippen molar-refractivity contribution >= 4 is 5.91 Å². The predicted octanol–water partition coefficient (Wildman–Crippen LogP) is 2.37. The summed E-state index contributed by atoms with van der Waals surface area (Å²) in [4.78, 5) is 16.8. The third-order valence-electron chi connectivity index (χ3n) is 5.23. The average molecular weight is 295 g/mol. The van der Waals surface area contributed by atoms with Gasteiger partial charge in [-0.3, -0.25) is 4.79 Å². The van der Waals surface area contributed by atoms with Crippen molar-refractivity contribution in [3.05, 3.63) is 0 Å². The predicted molar refractivity (Wildman–Crippen MR) is 87.1 cm³/mol. The molecule has 21 heavy (non-hydrogen) atoms. The molecule has 2 rings (SSSR count). The van der Waals surface area contributed by atoms with E-state index >= 15 is 0 Å². The Morgan fingerprint density at radius 1 is 1.14 bits per heavy atom. The zero-order valence-corrected chi connectivity index (χ0v) is 13.7. The van der Waals surface area contributed by atoms with Gasteiger partial charge in [0.15, 0.2) is 0 Å². The summed E-state index contributed by atoms with van der Waals surface area (Å²) < 4.78 is 0. The molecule has 0 aromatic heterocycles. The van der Waals surface area contributed by atoms with Crippen LogP contribution in [-0.2, 0) is 4.79 Å². The molecule has 0 atom stereocenters. The van der Waals surface area contributed by atoms with Crippen molar-refractivity contribution in [2.24, 2.45) is 5.73 Å². The molecule has 0 aromatic carbocycles. The molecule has 2 aliphatic rings. The monoisotopic (exact) mass is 295 g/mol. The first-order valence-electron chi connectivity index (χ1n) is 8.98. The standard InChI is InChI=1S/C17H33N3O/c1-2-19(16-7-4-3-5-8-16)12-6-9-17(21)20-13-10-15(18)11-14-20/h15-16H,2-14,18H2,1H3. The smallest absolute Gasteiger partial charge is 0.222 e. The zero-order chi connectivity index (χ0) is 15.1. The maximum Gasteiger partial charge on any atom is 0.222 e. The zero-order valence-electron chi connectivity index (χ0n) is 13.7. The third kappa shape index (κ3) is 5.26. The van der Waals surface area contributed by atoms with Crippen LogP contribution < -0.4 is 5.73 Å². The summed E-state index contributed by atoms with van der Waals surface area (Å²) in [5.41, 5.74) is 5.89. The van der Waals surface area contributed by atoms with E-state index < -0.39 is 0 Å². The second kappa shape index (κ2) is 8.74. The number of likely N-dealkylation sites (tertiary alicyclic amines) is 1. The summed E-state index contributed by atoms with van der Waals surface area (Å²) in [5.74, 6) is 0.335. The fraction of sp³-hybridized carbons (Fsp3) is 0.941. The van der Waals surface area contributed by atoms with Crippen LogP contribution in [0.5, 0.6) is 0 Å². The van der Waals surface area contributed by atoms with Crippen molar-refractivity contribution in [3.8, 4) is 0 Å². The Bertz CT molecular complexity index is 307. The number of amides is 1. The van der Waals surface area contributed by atoms with Crippen LogP contribution in [0.2, 0.25) is 0 Å². The second-order valence-electron chi connectivity index (χ2n) is 6.74. The van der Waals surface area contributed by atoms with Gasteiger partial charge in [-0.1, -0.05) is 26.2 Å². The molecule has 0 radical (unpaired) electrons. The molecule has 122 valence electrons. The molecule has 1 aliphatic carbocycles. The van der Waals surface area contributed by atoms with Crippen molar-refractivity contribution in [2.75, 3.05) is 26.2 Å². The first kappa shape index (κ1) is 16.8. The first-order chi connectivity index (χ1) is 10.2. The van der Waals surface area contributed by atoms with Crippen LogP contribution >= 0.6 is 0 Å². The van der Waals surface area contributed by atoms with Gasteiger partial charge in [0.05, 0.1) is 0 Å². The van der Waals surface area contributed by atoms with Gasteiger partial charge in [-0.15, -0.1) is 0 Å². The highest BCUT2D eigenvalue weighted by Crippen LogP contribution is 2.22. The van der Waals surface area contributed by atoms with Gasteiger partial charge in [0, 0.05) is 31.6 Å². The number of carbonyl (C=O) groups is 1.